The van der Waals surface area contributed by atoms with Crippen molar-refractivity contribution in [2.45, 2.75) is 19.9 Å². The van der Waals surface area contributed by atoms with Gasteiger partial charge in [-0.3, -0.25) is 9.48 Å². The lowest BCUT2D eigenvalue weighted by atomic mass is 10.1. The number of aromatic nitrogens is 3. The molecule has 0 saturated heterocycles. The maximum Gasteiger partial charge on any atom is 0.248 e. The summed E-state index contributed by atoms with van der Waals surface area (Å²) in [7, 11) is 0. The van der Waals surface area contributed by atoms with Gasteiger partial charge in [0.15, 0.2) is 0 Å². The predicted molar refractivity (Wildman–Crippen MR) is 87.9 cm³/mol. The van der Waals surface area contributed by atoms with E-state index in [1.807, 2.05) is 18.3 Å². The van der Waals surface area contributed by atoms with Gasteiger partial charge in [0.05, 0.1) is 16.6 Å². The minimum absolute atomic E-state index is 0.417. The number of aromatic amines is 1. The van der Waals surface area contributed by atoms with Crippen LogP contribution in [0.25, 0.3) is 32.7 Å². The first-order valence-corrected chi connectivity index (χ1v) is 7.39. The zero-order chi connectivity index (χ0) is 15.3. The first kappa shape index (κ1) is 12.9. The van der Waals surface area contributed by atoms with Crippen LogP contribution in [0, 0.1) is 0 Å². The van der Waals surface area contributed by atoms with Gasteiger partial charge in [-0.1, -0.05) is 19.1 Å². The summed E-state index contributed by atoms with van der Waals surface area (Å²) in [6, 6.07) is 9.55. The van der Waals surface area contributed by atoms with Crippen molar-refractivity contribution in [1.29, 1.82) is 0 Å². The zero-order valence-electron chi connectivity index (χ0n) is 12.3. The molecular weight excluding hydrogens is 276 g/mol. The number of nitrogens with one attached hydrogen (secondary N) is 1. The Bertz CT molecular complexity index is 1030. The fourth-order valence-electron chi connectivity index (χ4n) is 3.06. The molecule has 0 aliphatic carbocycles. The monoisotopic (exact) mass is 292 g/mol. The number of carbonyl (C=O) groups is 1. The average Bonchev–Trinajstić information content (AvgIpc) is 3.07. The lowest BCUT2D eigenvalue weighted by Gasteiger charge is -2.02. The molecular formula is C17H16N4O. The van der Waals surface area contributed by atoms with Gasteiger partial charge in [-0.25, -0.2) is 4.98 Å². The molecule has 4 aromatic rings. The highest BCUT2D eigenvalue weighted by Crippen LogP contribution is 2.31. The fraction of sp³-hybridized carbons (Fsp3) is 0.176. The molecule has 4 rings (SSSR count). The maximum absolute atomic E-state index is 11.4. The Labute approximate surface area is 126 Å². The fourth-order valence-corrected chi connectivity index (χ4v) is 3.06. The lowest BCUT2D eigenvalue weighted by Crippen LogP contribution is -2.10. The predicted octanol–water partition coefficient (Wildman–Crippen LogP) is 3.18. The molecule has 0 spiro atoms. The molecule has 2 aromatic carbocycles. The average molecular weight is 292 g/mol. The zero-order valence-corrected chi connectivity index (χ0v) is 12.3. The van der Waals surface area contributed by atoms with Gasteiger partial charge in [-0.15, -0.1) is 0 Å². The minimum atomic E-state index is -0.417. The van der Waals surface area contributed by atoms with Crippen LogP contribution in [0.4, 0.5) is 0 Å². The van der Waals surface area contributed by atoms with Gasteiger partial charge in [-0.2, -0.15) is 0 Å². The largest absolute Gasteiger partial charge is 0.366 e. The molecule has 0 aliphatic heterocycles. The second-order valence-corrected chi connectivity index (χ2v) is 5.53. The van der Waals surface area contributed by atoms with Crippen molar-refractivity contribution in [3.63, 3.8) is 0 Å². The molecule has 0 unspecified atom stereocenters. The van der Waals surface area contributed by atoms with E-state index < -0.39 is 5.91 Å². The number of H-pyrrole nitrogens is 1. The van der Waals surface area contributed by atoms with Crippen LogP contribution in [0.1, 0.15) is 23.7 Å². The molecule has 22 heavy (non-hydrogen) atoms. The van der Waals surface area contributed by atoms with Crippen molar-refractivity contribution >= 4 is 38.6 Å². The number of hydrogen-bond acceptors (Lipinski definition) is 2. The van der Waals surface area contributed by atoms with E-state index in [0.717, 1.165) is 45.7 Å². The van der Waals surface area contributed by atoms with Crippen LogP contribution < -0.4 is 5.73 Å². The second-order valence-electron chi connectivity index (χ2n) is 5.53. The van der Waals surface area contributed by atoms with Gasteiger partial charge in [0.2, 0.25) is 5.91 Å². The summed E-state index contributed by atoms with van der Waals surface area (Å²) < 4.78 is 2.12. The molecule has 0 fully saturated rings. The van der Waals surface area contributed by atoms with Crippen LogP contribution in [0.2, 0.25) is 0 Å². The summed E-state index contributed by atoms with van der Waals surface area (Å²) in [6.45, 7) is 3.06. The topological polar surface area (TPSA) is 76.7 Å². The number of hydrogen-bond donors (Lipinski definition) is 2. The first-order valence-electron chi connectivity index (χ1n) is 7.39. The number of primary amides is 1. The summed E-state index contributed by atoms with van der Waals surface area (Å²) in [4.78, 5) is 16.2. The normalized spacial score (nSPS) is 11.7. The molecule has 2 heterocycles. The molecule has 0 atom stereocenters. The second kappa shape index (κ2) is 4.59. The molecule has 3 N–H and O–H groups in total. The third-order valence-electron chi connectivity index (χ3n) is 4.08. The Morgan fingerprint density at radius 2 is 2.14 bits per heavy atom. The van der Waals surface area contributed by atoms with Gasteiger partial charge in [-0.05, 0) is 24.6 Å². The van der Waals surface area contributed by atoms with Crippen LogP contribution in [0.15, 0.2) is 36.5 Å². The maximum atomic E-state index is 11.4. The quantitative estimate of drug-likeness (QED) is 0.608. The number of nitrogens with two attached hydrogens (primary N) is 1. The number of aryl methyl sites for hydroxylation is 1. The van der Waals surface area contributed by atoms with Gasteiger partial charge in [0.1, 0.15) is 0 Å². The first-order chi connectivity index (χ1) is 10.7. The van der Waals surface area contributed by atoms with Crippen molar-refractivity contribution < 1.29 is 4.79 Å². The molecule has 1 amide bonds. The van der Waals surface area contributed by atoms with Crippen molar-refractivity contribution in [2.75, 3.05) is 0 Å². The molecule has 0 saturated carbocycles. The summed E-state index contributed by atoms with van der Waals surface area (Å²) in [5.41, 5.74) is 8.85. The number of amides is 1. The number of carbonyl (C=O) groups excluding carboxylic acids is 1. The number of fused-ring (bicyclic) bond motifs is 5. The summed E-state index contributed by atoms with van der Waals surface area (Å²) in [6.07, 6.45) is 3.04. The number of rotatable bonds is 3. The van der Waals surface area contributed by atoms with E-state index in [-0.39, 0.29) is 0 Å². The Morgan fingerprint density at radius 1 is 1.27 bits per heavy atom. The third kappa shape index (κ3) is 1.72. The number of nitrogens with zero attached hydrogens (tertiary/aromatic N) is 2. The summed E-state index contributed by atoms with van der Waals surface area (Å²) in [5, 5.41) is 6.44. The molecule has 110 valence electrons. The van der Waals surface area contributed by atoms with Gasteiger partial charge in [0, 0.05) is 34.5 Å². The summed E-state index contributed by atoms with van der Waals surface area (Å²) >= 11 is 0. The molecule has 0 aliphatic rings. The van der Waals surface area contributed by atoms with E-state index in [4.69, 9.17) is 10.7 Å². The van der Waals surface area contributed by atoms with E-state index in [2.05, 4.69) is 28.8 Å². The highest BCUT2D eigenvalue weighted by atomic mass is 16.1. The number of benzene rings is 2. The van der Waals surface area contributed by atoms with E-state index in [1.54, 1.807) is 6.07 Å². The third-order valence-corrected chi connectivity index (χ3v) is 4.08. The van der Waals surface area contributed by atoms with Crippen molar-refractivity contribution in [3.05, 3.63) is 42.1 Å². The van der Waals surface area contributed by atoms with Crippen molar-refractivity contribution in [2.24, 2.45) is 5.73 Å². The standard InChI is InChI=1S/C17H16N4O/c1-2-7-21-16-11(9-19-21)3-5-12-13-8-10(17(18)22)4-6-14(13)20-15(12)16/h3-6,8-9,19H,2,7H2,1H3,(H2,18,22). The van der Waals surface area contributed by atoms with Crippen molar-refractivity contribution in [3.8, 4) is 0 Å². The lowest BCUT2D eigenvalue weighted by molar-refractivity contribution is 0.100. The van der Waals surface area contributed by atoms with Gasteiger partial charge >= 0.3 is 0 Å². The van der Waals surface area contributed by atoms with E-state index in [0.29, 0.717) is 5.56 Å². The van der Waals surface area contributed by atoms with Crippen LogP contribution in [0.5, 0.6) is 0 Å². The molecule has 5 nitrogen and oxygen atoms in total. The summed E-state index contributed by atoms with van der Waals surface area (Å²) in [5.74, 6) is -0.417. The van der Waals surface area contributed by atoms with E-state index >= 15 is 0 Å². The smallest absolute Gasteiger partial charge is 0.248 e. The van der Waals surface area contributed by atoms with Crippen LogP contribution in [-0.2, 0) is 6.54 Å². The Morgan fingerprint density at radius 3 is 2.91 bits per heavy atom. The van der Waals surface area contributed by atoms with Gasteiger partial charge < -0.3 is 10.8 Å². The van der Waals surface area contributed by atoms with E-state index in [9.17, 15) is 4.79 Å². The van der Waals surface area contributed by atoms with Crippen LogP contribution >= 0.6 is 0 Å². The molecule has 0 bridgehead atoms. The SMILES string of the molecule is CCCn1[nH]cc2ccc3c4cc(C(N)=O)ccc4nc3c21. The van der Waals surface area contributed by atoms with Gasteiger partial charge in [0.25, 0.3) is 0 Å². The highest BCUT2D eigenvalue weighted by Gasteiger charge is 2.13. The molecule has 5 heteroatoms. The molecule has 2 aromatic heterocycles. The van der Waals surface area contributed by atoms with E-state index in [1.165, 1.54) is 0 Å². The van der Waals surface area contributed by atoms with Crippen LogP contribution in [0.3, 0.4) is 0 Å². The minimum Gasteiger partial charge on any atom is -0.366 e. The molecule has 0 radical (unpaired) electrons. The highest BCUT2D eigenvalue weighted by molar-refractivity contribution is 6.17. The Hall–Kier alpha value is -2.82. The van der Waals surface area contributed by atoms with Crippen molar-refractivity contribution in [1.82, 2.24) is 14.8 Å². The Kier molecular flexibility index (Phi) is 2.69. The Balaban J connectivity index is 2.11. The van der Waals surface area contributed by atoms with Crippen LogP contribution in [-0.4, -0.2) is 20.7 Å².